The fourth-order valence-corrected chi connectivity index (χ4v) is 1.86. The summed E-state index contributed by atoms with van der Waals surface area (Å²) in [6, 6.07) is 11.2. The van der Waals surface area contributed by atoms with E-state index in [0.29, 0.717) is 16.9 Å². The van der Waals surface area contributed by atoms with Crippen LogP contribution in [0.4, 0.5) is 15.8 Å². The first kappa shape index (κ1) is 13.1. The monoisotopic (exact) mass is 258 g/mol. The molecule has 0 aliphatic rings. The van der Waals surface area contributed by atoms with Gasteiger partial charge in [0.15, 0.2) is 0 Å². The van der Waals surface area contributed by atoms with Crippen molar-refractivity contribution in [2.75, 3.05) is 17.7 Å². The summed E-state index contributed by atoms with van der Waals surface area (Å²) in [6.07, 6.45) is 0. The number of hydrogen-bond acceptors (Lipinski definition) is 2. The first-order valence-corrected chi connectivity index (χ1v) is 5.89. The minimum Gasteiger partial charge on any atom is -0.399 e. The van der Waals surface area contributed by atoms with E-state index < -0.39 is 5.82 Å². The van der Waals surface area contributed by atoms with Gasteiger partial charge in [-0.25, -0.2) is 4.39 Å². The molecule has 0 aliphatic carbocycles. The van der Waals surface area contributed by atoms with Crippen molar-refractivity contribution in [3.8, 4) is 0 Å². The van der Waals surface area contributed by atoms with Crippen LogP contribution in [-0.4, -0.2) is 13.0 Å². The van der Waals surface area contributed by atoms with E-state index in [2.05, 4.69) is 0 Å². The maximum Gasteiger partial charge on any atom is 0.258 e. The molecular formula is C15H15FN2O. The van der Waals surface area contributed by atoms with Crippen molar-refractivity contribution >= 4 is 17.3 Å². The molecule has 3 nitrogen and oxygen atoms in total. The van der Waals surface area contributed by atoms with E-state index in [0.717, 1.165) is 5.56 Å². The second-order valence-corrected chi connectivity index (χ2v) is 4.42. The average molecular weight is 258 g/mol. The third kappa shape index (κ3) is 2.73. The highest BCUT2D eigenvalue weighted by molar-refractivity contribution is 6.06. The molecule has 0 aliphatic heterocycles. The molecule has 2 N–H and O–H groups in total. The Balaban J connectivity index is 2.36. The average Bonchev–Trinajstić information content (AvgIpc) is 2.40. The summed E-state index contributed by atoms with van der Waals surface area (Å²) in [5, 5.41) is 0. The van der Waals surface area contributed by atoms with E-state index >= 15 is 0 Å². The van der Waals surface area contributed by atoms with E-state index in [1.807, 2.05) is 0 Å². The number of benzene rings is 2. The molecule has 19 heavy (non-hydrogen) atoms. The summed E-state index contributed by atoms with van der Waals surface area (Å²) >= 11 is 0. The Kier molecular flexibility index (Phi) is 3.51. The second-order valence-electron chi connectivity index (χ2n) is 4.42. The topological polar surface area (TPSA) is 46.3 Å². The zero-order valence-corrected chi connectivity index (χ0v) is 10.9. The molecule has 0 atom stereocenters. The van der Waals surface area contributed by atoms with Crippen molar-refractivity contribution in [3.63, 3.8) is 0 Å². The van der Waals surface area contributed by atoms with E-state index in [-0.39, 0.29) is 5.91 Å². The van der Waals surface area contributed by atoms with Gasteiger partial charge in [0.2, 0.25) is 0 Å². The molecule has 0 heterocycles. The van der Waals surface area contributed by atoms with Gasteiger partial charge in [-0.3, -0.25) is 4.79 Å². The van der Waals surface area contributed by atoms with Gasteiger partial charge in [-0.1, -0.05) is 12.1 Å². The van der Waals surface area contributed by atoms with Crippen molar-refractivity contribution in [2.24, 2.45) is 0 Å². The lowest BCUT2D eigenvalue weighted by Crippen LogP contribution is -2.27. The molecule has 0 bridgehead atoms. The van der Waals surface area contributed by atoms with Crippen molar-refractivity contribution in [1.82, 2.24) is 0 Å². The maximum atomic E-state index is 13.2. The second kappa shape index (κ2) is 5.10. The van der Waals surface area contributed by atoms with Gasteiger partial charge in [0, 0.05) is 24.0 Å². The van der Waals surface area contributed by atoms with Crippen molar-refractivity contribution in [1.29, 1.82) is 0 Å². The fraction of sp³-hybridized carbons (Fsp3) is 0.133. The summed E-state index contributed by atoms with van der Waals surface area (Å²) < 4.78 is 13.2. The molecule has 0 fully saturated rings. The van der Waals surface area contributed by atoms with Crippen LogP contribution < -0.4 is 10.6 Å². The number of amides is 1. The first-order chi connectivity index (χ1) is 8.99. The van der Waals surface area contributed by atoms with Gasteiger partial charge < -0.3 is 10.6 Å². The van der Waals surface area contributed by atoms with Crippen LogP contribution in [0.15, 0.2) is 42.5 Å². The first-order valence-electron chi connectivity index (χ1n) is 5.89. The van der Waals surface area contributed by atoms with Gasteiger partial charge in [-0.15, -0.1) is 0 Å². The Morgan fingerprint density at radius 2 is 1.95 bits per heavy atom. The number of carbonyl (C=O) groups excluding carboxylic acids is 1. The summed E-state index contributed by atoms with van der Waals surface area (Å²) in [5.74, 6) is -0.683. The van der Waals surface area contributed by atoms with Crippen LogP contribution in [0, 0.1) is 12.7 Å². The van der Waals surface area contributed by atoms with Crippen LogP contribution in [0.25, 0.3) is 0 Å². The predicted octanol–water partition coefficient (Wildman–Crippen LogP) is 2.99. The Morgan fingerprint density at radius 3 is 2.63 bits per heavy atom. The van der Waals surface area contributed by atoms with E-state index in [9.17, 15) is 9.18 Å². The number of aryl methyl sites for hydroxylation is 1. The van der Waals surface area contributed by atoms with Gasteiger partial charge in [0.05, 0.1) is 0 Å². The van der Waals surface area contributed by atoms with Gasteiger partial charge in [0.1, 0.15) is 5.82 Å². The minimum absolute atomic E-state index is 0.261. The molecule has 98 valence electrons. The Morgan fingerprint density at radius 1 is 1.21 bits per heavy atom. The van der Waals surface area contributed by atoms with Crippen molar-refractivity contribution < 1.29 is 9.18 Å². The number of halogens is 1. The number of nitrogens with two attached hydrogens (primary N) is 1. The van der Waals surface area contributed by atoms with E-state index in [1.54, 1.807) is 44.3 Å². The van der Waals surface area contributed by atoms with Crippen LogP contribution in [0.1, 0.15) is 15.9 Å². The van der Waals surface area contributed by atoms with Crippen LogP contribution >= 0.6 is 0 Å². The third-order valence-electron chi connectivity index (χ3n) is 2.99. The smallest absolute Gasteiger partial charge is 0.258 e. The minimum atomic E-state index is -0.421. The van der Waals surface area contributed by atoms with Crippen molar-refractivity contribution in [3.05, 3.63) is 59.4 Å². The lowest BCUT2D eigenvalue weighted by molar-refractivity contribution is 0.0992. The number of anilines is 2. The molecule has 1 amide bonds. The lowest BCUT2D eigenvalue weighted by atomic mass is 10.1. The van der Waals surface area contributed by atoms with Gasteiger partial charge in [-0.2, -0.15) is 0 Å². The van der Waals surface area contributed by atoms with E-state index in [1.165, 1.54) is 17.0 Å². The number of carbonyl (C=O) groups is 1. The quantitative estimate of drug-likeness (QED) is 0.842. The molecular weight excluding hydrogens is 243 g/mol. The molecule has 2 aromatic rings. The molecule has 0 spiro atoms. The summed E-state index contributed by atoms with van der Waals surface area (Å²) in [5.41, 5.74) is 8.03. The number of nitrogens with zero attached hydrogens (tertiary/aromatic N) is 1. The molecule has 0 radical (unpaired) electrons. The zero-order valence-electron chi connectivity index (χ0n) is 10.9. The molecule has 0 saturated carbocycles. The normalized spacial score (nSPS) is 10.3. The summed E-state index contributed by atoms with van der Waals surface area (Å²) in [4.78, 5) is 13.8. The lowest BCUT2D eigenvalue weighted by Gasteiger charge is -2.19. The highest BCUT2D eigenvalue weighted by atomic mass is 19.1. The zero-order chi connectivity index (χ0) is 14.0. The van der Waals surface area contributed by atoms with Crippen LogP contribution in [-0.2, 0) is 0 Å². The van der Waals surface area contributed by atoms with Crippen LogP contribution in [0.5, 0.6) is 0 Å². The van der Waals surface area contributed by atoms with E-state index in [4.69, 9.17) is 5.73 Å². The Bertz CT molecular complexity index is 625. The Labute approximate surface area is 111 Å². The highest BCUT2D eigenvalue weighted by Crippen LogP contribution is 2.20. The van der Waals surface area contributed by atoms with Gasteiger partial charge >= 0.3 is 0 Å². The molecule has 0 unspecified atom stereocenters. The summed E-state index contributed by atoms with van der Waals surface area (Å²) in [7, 11) is 1.64. The van der Waals surface area contributed by atoms with Crippen LogP contribution in [0.3, 0.4) is 0 Å². The standard InChI is InChI=1S/C15H15FN2O/c1-10-6-7-11(16)8-14(10)15(19)18(2)13-5-3-4-12(17)9-13/h3-9H,17H2,1-2H3. The third-order valence-corrected chi connectivity index (χ3v) is 2.99. The Hall–Kier alpha value is -2.36. The van der Waals surface area contributed by atoms with Gasteiger partial charge in [0.25, 0.3) is 5.91 Å². The SMILES string of the molecule is Cc1ccc(F)cc1C(=O)N(C)c1cccc(N)c1. The van der Waals surface area contributed by atoms with Crippen LogP contribution in [0.2, 0.25) is 0 Å². The number of nitrogen functional groups attached to an aromatic ring is 1. The van der Waals surface area contributed by atoms with Gasteiger partial charge in [-0.05, 0) is 42.8 Å². The van der Waals surface area contributed by atoms with Crippen molar-refractivity contribution in [2.45, 2.75) is 6.92 Å². The number of hydrogen-bond donors (Lipinski definition) is 1. The molecule has 2 rings (SSSR count). The molecule has 0 saturated heterocycles. The molecule has 2 aromatic carbocycles. The predicted molar refractivity (Wildman–Crippen MR) is 74.7 cm³/mol. The highest BCUT2D eigenvalue weighted by Gasteiger charge is 2.16. The fourth-order valence-electron chi connectivity index (χ4n) is 1.86. The maximum absolute atomic E-state index is 13.2. The summed E-state index contributed by atoms with van der Waals surface area (Å²) in [6.45, 7) is 1.78. The molecule has 0 aromatic heterocycles. The molecule has 4 heteroatoms. The largest absolute Gasteiger partial charge is 0.399 e. The number of rotatable bonds is 2.